The number of piperidine rings is 1. The Morgan fingerprint density at radius 1 is 1.28 bits per heavy atom. The fourth-order valence-corrected chi connectivity index (χ4v) is 4.07. The molecule has 2 unspecified atom stereocenters. The van der Waals surface area contributed by atoms with E-state index in [0.717, 1.165) is 12.5 Å². The lowest BCUT2D eigenvalue weighted by molar-refractivity contribution is 0.168. The molecule has 2 saturated heterocycles. The molecule has 2 aliphatic heterocycles. The summed E-state index contributed by atoms with van der Waals surface area (Å²) in [5, 5.41) is 3.40. The van der Waals surface area contributed by atoms with Crippen LogP contribution in [0.4, 0.5) is 0 Å². The fraction of sp³-hybridized carbons (Fsp3) is 1.00. The first-order valence-electron chi connectivity index (χ1n) is 7.05. The molecule has 0 aromatic rings. The molecule has 2 atom stereocenters. The van der Waals surface area contributed by atoms with Gasteiger partial charge < -0.3 is 10.2 Å². The average molecular weight is 275 g/mol. The molecule has 0 bridgehead atoms. The molecule has 18 heavy (non-hydrogen) atoms. The summed E-state index contributed by atoms with van der Waals surface area (Å²) in [5.41, 5.74) is 0. The van der Waals surface area contributed by atoms with Crippen molar-refractivity contribution in [3.63, 3.8) is 0 Å². The van der Waals surface area contributed by atoms with Gasteiger partial charge in [-0.2, -0.15) is 0 Å². The van der Waals surface area contributed by atoms with Crippen LogP contribution in [0.5, 0.6) is 0 Å². The SMILES string of the molecule is CCNS(=O)(=O)CCNC1CCN2CCCC2C1. The third kappa shape index (κ3) is 3.91. The van der Waals surface area contributed by atoms with Gasteiger partial charge in [-0.3, -0.25) is 0 Å². The monoisotopic (exact) mass is 275 g/mol. The predicted molar refractivity (Wildman–Crippen MR) is 73.1 cm³/mol. The van der Waals surface area contributed by atoms with Gasteiger partial charge in [0.1, 0.15) is 0 Å². The summed E-state index contributed by atoms with van der Waals surface area (Å²) in [6.45, 7) is 5.27. The summed E-state index contributed by atoms with van der Waals surface area (Å²) >= 11 is 0. The number of sulfonamides is 1. The first-order chi connectivity index (χ1) is 8.61. The Bertz CT molecular complexity index is 358. The summed E-state index contributed by atoms with van der Waals surface area (Å²) in [6, 6.07) is 1.24. The zero-order chi connectivity index (χ0) is 13.0. The molecular weight excluding hydrogens is 250 g/mol. The second-order valence-corrected chi connectivity index (χ2v) is 7.25. The van der Waals surface area contributed by atoms with Crippen molar-refractivity contribution in [2.75, 3.05) is 31.9 Å². The van der Waals surface area contributed by atoms with E-state index in [1.165, 1.54) is 32.4 Å². The summed E-state index contributed by atoms with van der Waals surface area (Å²) in [5.74, 6) is 0.186. The molecular formula is C12H25N3O2S. The van der Waals surface area contributed by atoms with E-state index in [1.807, 2.05) is 0 Å². The van der Waals surface area contributed by atoms with Gasteiger partial charge in [0.2, 0.25) is 10.0 Å². The standard InChI is InChI=1S/C12H25N3O2S/c1-2-14-18(16,17)9-6-13-11-5-8-15-7-3-4-12(15)10-11/h11-14H,2-10H2,1H3. The van der Waals surface area contributed by atoms with Crippen LogP contribution in [0, 0.1) is 0 Å². The molecule has 2 rings (SSSR count). The summed E-state index contributed by atoms with van der Waals surface area (Å²) in [6.07, 6.45) is 4.97. The molecule has 2 N–H and O–H groups in total. The Kier molecular flexibility index (Phi) is 5.00. The minimum Gasteiger partial charge on any atom is -0.313 e. The Morgan fingerprint density at radius 2 is 2.11 bits per heavy atom. The maximum atomic E-state index is 11.5. The van der Waals surface area contributed by atoms with Crippen molar-refractivity contribution in [2.45, 2.75) is 44.7 Å². The zero-order valence-corrected chi connectivity index (χ0v) is 12.0. The van der Waals surface area contributed by atoms with Crippen molar-refractivity contribution < 1.29 is 8.42 Å². The number of nitrogens with zero attached hydrogens (tertiary/aromatic N) is 1. The van der Waals surface area contributed by atoms with Gasteiger partial charge in [0.25, 0.3) is 0 Å². The van der Waals surface area contributed by atoms with Crippen LogP contribution in [-0.2, 0) is 10.0 Å². The van der Waals surface area contributed by atoms with Crippen molar-refractivity contribution in [3.05, 3.63) is 0 Å². The molecule has 2 heterocycles. The van der Waals surface area contributed by atoms with E-state index in [9.17, 15) is 8.42 Å². The molecule has 106 valence electrons. The van der Waals surface area contributed by atoms with Crippen molar-refractivity contribution in [3.8, 4) is 0 Å². The Labute approximate surface area is 110 Å². The number of fused-ring (bicyclic) bond motifs is 1. The van der Waals surface area contributed by atoms with Crippen molar-refractivity contribution in [1.29, 1.82) is 0 Å². The van der Waals surface area contributed by atoms with Gasteiger partial charge in [-0.1, -0.05) is 6.92 Å². The third-order valence-electron chi connectivity index (χ3n) is 3.99. The largest absolute Gasteiger partial charge is 0.313 e. The molecule has 2 aliphatic rings. The molecule has 0 spiro atoms. The number of hydrogen-bond donors (Lipinski definition) is 2. The van der Waals surface area contributed by atoms with Gasteiger partial charge in [0, 0.05) is 25.2 Å². The molecule has 0 aromatic carbocycles. The molecule has 2 fully saturated rings. The molecule has 0 saturated carbocycles. The van der Waals surface area contributed by atoms with Crippen molar-refractivity contribution in [1.82, 2.24) is 14.9 Å². The lowest BCUT2D eigenvalue weighted by Crippen LogP contribution is -2.47. The summed E-state index contributed by atoms with van der Waals surface area (Å²) in [7, 11) is -3.07. The smallest absolute Gasteiger partial charge is 0.212 e. The quantitative estimate of drug-likeness (QED) is 0.724. The lowest BCUT2D eigenvalue weighted by atomic mass is 9.98. The lowest BCUT2D eigenvalue weighted by Gasteiger charge is -2.35. The van der Waals surface area contributed by atoms with Crippen molar-refractivity contribution in [2.24, 2.45) is 0 Å². The highest BCUT2D eigenvalue weighted by Gasteiger charge is 2.31. The third-order valence-corrected chi connectivity index (χ3v) is 5.46. The highest BCUT2D eigenvalue weighted by Crippen LogP contribution is 2.26. The maximum Gasteiger partial charge on any atom is 0.212 e. The van der Waals surface area contributed by atoms with Crippen LogP contribution in [0.25, 0.3) is 0 Å². The molecule has 0 aromatic heterocycles. The second-order valence-electron chi connectivity index (χ2n) is 5.32. The van der Waals surface area contributed by atoms with E-state index < -0.39 is 10.0 Å². The van der Waals surface area contributed by atoms with Crippen LogP contribution >= 0.6 is 0 Å². The first-order valence-corrected chi connectivity index (χ1v) is 8.70. The zero-order valence-electron chi connectivity index (χ0n) is 11.2. The number of rotatable bonds is 6. The van der Waals surface area contributed by atoms with Crippen LogP contribution in [0.1, 0.15) is 32.6 Å². The highest BCUT2D eigenvalue weighted by molar-refractivity contribution is 7.89. The van der Waals surface area contributed by atoms with Gasteiger partial charge in [-0.25, -0.2) is 13.1 Å². The van der Waals surface area contributed by atoms with E-state index in [4.69, 9.17) is 0 Å². The normalized spacial score (nSPS) is 29.4. The van der Waals surface area contributed by atoms with E-state index in [-0.39, 0.29) is 5.75 Å². The van der Waals surface area contributed by atoms with Gasteiger partial charge in [0.05, 0.1) is 5.75 Å². The molecule has 6 heteroatoms. The predicted octanol–water partition coefficient (Wildman–Crippen LogP) is 0.142. The van der Waals surface area contributed by atoms with Gasteiger partial charge in [-0.15, -0.1) is 0 Å². The average Bonchev–Trinajstić information content (AvgIpc) is 2.75. The van der Waals surface area contributed by atoms with Gasteiger partial charge in [-0.05, 0) is 38.8 Å². The maximum absolute atomic E-state index is 11.5. The Balaban J connectivity index is 1.68. The Morgan fingerprint density at radius 3 is 2.89 bits per heavy atom. The molecule has 0 aliphatic carbocycles. The van der Waals surface area contributed by atoms with Crippen LogP contribution in [0.2, 0.25) is 0 Å². The second kappa shape index (κ2) is 6.32. The molecule has 0 radical (unpaired) electrons. The van der Waals surface area contributed by atoms with Crippen LogP contribution < -0.4 is 10.0 Å². The topological polar surface area (TPSA) is 61.4 Å². The minimum absolute atomic E-state index is 0.186. The van der Waals surface area contributed by atoms with Crippen molar-refractivity contribution >= 4 is 10.0 Å². The molecule has 5 nitrogen and oxygen atoms in total. The minimum atomic E-state index is -3.07. The number of nitrogens with one attached hydrogen (secondary N) is 2. The van der Waals surface area contributed by atoms with E-state index >= 15 is 0 Å². The Hall–Kier alpha value is -0.170. The van der Waals surface area contributed by atoms with Gasteiger partial charge in [0.15, 0.2) is 0 Å². The van der Waals surface area contributed by atoms with E-state index in [2.05, 4.69) is 14.9 Å². The first kappa shape index (κ1) is 14.2. The van der Waals surface area contributed by atoms with E-state index in [1.54, 1.807) is 6.92 Å². The number of hydrogen-bond acceptors (Lipinski definition) is 4. The van der Waals surface area contributed by atoms with Crippen LogP contribution in [0.15, 0.2) is 0 Å². The van der Waals surface area contributed by atoms with E-state index in [0.29, 0.717) is 19.1 Å². The summed E-state index contributed by atoms with van der Waals surface area (Å²) < 4.78 is 25.5. The van der Waals surface area contributed by atoms with Crippen LogP contribution in [0.3, 0.4) is 0 Å². The summed E-state index contributed by atoms with van der Waals surface area (Å²) in [4.78, 5) is 2.58. The van der Waals surface area contributed by atoms with Gasteiger partial charge >= 0.3 is 0 Å². The molecule has 0 amide bonds. The highest BCUT2D eigenvalue weighted by atomic mass is 32.2. The van der Waals surface area contributed by atoms with Crippen LogP contribution in [-0.4, -0.2) is 57.3 Å². The fourth-order valence-electron chi connectivity index (χ4n) is 3.10.